The summed E-state index contributed by atoms with van der Waals surface area (Å²) in [7, 11) is 0. The first-order valence-electron chi connectivity index (χ1n) is 5.37. The fraction of sp³-hybridized carbons (Fsp3) is 0.583. The Morgan fingerprint density at radius 2 is 2.27 bits per heavy atom. The quantitative estimate of drug-likeness (QED) is 0.811. The molecule has 0 atom stereocenters. The first kappa shape index (κ1) is 10.6. The van der Waals surface area contributed by atoms with Gasteiger partial charge in [-0.1, -0.05) is 13.0 Å². The zero-order valence-corrected chi connectivity index (χ0v) is 9.42. The average Bonchev–Trinajstić information content (AvgIpc) is 2.15. The predicted octanol–water partition coefficient (Wildman–Crippen LogP) is 1.52. The third-order valence-corrected chi connectivity index (χ3v) is 2.71. The zero-order chi connectivity index (χ0) is 10.7. The molecule has 0 saturated carbocycles. The minimum absolute atomic E-state index is 0.344. The largest absolute Gasteiger partial charge is 0.380 e. The summed E-state index contributed by atoms with van der Waals surface area (Å²) >= 11 is 0. The van der Waals surface area contributed by atoms with Crippen LogP contribution >= 0.6 is 0 Å². The van der Waals surface area contributed by atoms with Crippen molar-refractivity contribution >= 4 is 0 Å². The van der Waals surface area contributed by atoms with Gasteiger partial charge >= 0.3 is 0 Å². The second kappa shape index (κ2) is 4.29. The number of hydrogen-bond donors (Lipinski definition) is 1. The molecule has 0 aliphatic carbocycles. The smallest absolute Gasteiger partial charge is 0.0554 e. The molecule has 2 heterocycles. The number of aryl methyl sites for hydroxylation is 1. The standard InChI is InChI=1S/C12H18N2O/c1-10-3-11(5-13-4-10)6-14-7-12(2)8-15-9-12/h3-5,14H,6-9H2,1-2H3. The van der Waals surface area contributed by atoms with Crippen LogP contribution in [0.5, 0.6) is 0 Å². The topological polar surface area (TPSA) is 34.2 Å². The van der Waals surface area contributed by atoms with Crippen LogP contribution in [0.3, 0.4) is 0 Å². The number of rotatable bonds is 4. The maximum atomic E-state index is 5.21. The summed E-state index contributed by atoms with van der Waals surface area (Å²) in [6, 6.07) is 2.17. The van der Waals surface area contributed by atoms with Gasteiger partial charge in [0.15, 0.2) is 0 Å². The van der Waals surface area contributed by atoms with Crippen LogP contribution in [0.1, 0.15) is 18.1 Å². The van der Waals surface area contributed by atoms with Crippen LogP contribution in [0, 0.1) is 12.3 Å². The summed E-state index contributed by atoms with van der Waals surface area (Å²) in [5, 5.41) is 3.45. The Kier molecular flexibility index (Phi) is 3.03. The Morgan fingerprint density at radius 3 is 2.87 bits per heavy atom. The van der Waals surface area contributed by atoms with Gasteiger partial charge in [-0.05, 0) is 18.1 Å². The van der Waals surface area contributed by atoms with Crippen LogP contribution in [0.4, 0.5) is 0 Å². The van der Waals surface area contributed by atoms with E-state index in [1.54, 1.807) is 0 Å². The molecular weight excluding hydrogens is 188 g/mol. The normalized spacial score (nSPS) is 18.5. The van der Waals surface area contributed by atoms with Crippen molar-refractivity contribution < 1.29 is 4.74 Å². The van der Waals surface area contributed by atoms with Crippen LogP contribution in [0.25, 0.3) is 0 Å². The highest BCUT2D eigenvalue weighted by molar-refractivity contribution is 5.16. The number of aromatic nitrogens is 1. The number of pyridine rings is 1. The SMILES string of the molecule is Cc1cncc(CNCC2(C)COC2)c1. The molecule has 0 unspecified atom stereocenters. The molecule has 1 aromatic rings. The molecule has 1 saturated heterocycles. The minimum atomic E-state index is 0.344. The van der Waals surface area contributed by atoms with Crippen LogP contribution in [-0.4, -0.2) is 24.7 Å². The molecule has 2 rings (SSSR count). The summed E-state index contributed by atoms with van der Waals surface area (Å²) < 4.78 is 5.21. The molecule has 3 nitrogen and oxygen atoms in total. The van der Waals surface area contributed by atoms with Crippen molar-refractivity contribution in [3.63, 3.8) is 0 Å². The van der Waals surface area contributed by atoms with Gasteiger partial charge in [0.25, 0.3) is 0 Å². The molecule has 1 aromatic heterocycles. The Hall–Kier alpha value is -0.930. The van der Waals surface area contributed by atoms with Crippen LogP contribution in [0.15, 0.2) is 18.5 Å². The highest BCUT2D eigenvalue weighted by Gasteiger charge is 2.32. The molecular formula is C12H18N2O. The number of ether oxygens (including phenoxy) is 1. The van der Waals surface area contributed by atoms with Gasteiger partial charge < -0.3 is 10.1 Å². The summed E-state index contributed by atoms with van der Waals surface area (Å²) in [6.45, 7) is 7.99. The van der Waals surface area contributed by atoms with Crippen molar-refractivity contribution in [2.24, 2.45) is 5.41 Å². The van der Waals surface area contributed by atoms with Gasteiger partial charge in [0, 0.05) is 30.9 Å². The molecule has 15 heavy (non-hydrogen) atoms. The fourth-order valence-corrected chi connectivity index (χ4v) is 1.78. The van der Waals surface area contributed by atoms with Crippen molar-refractivity contribution in [3.8, 4) is 0 Å². The van der Waals surface area contributed by atoms with E-state index >= 15 is 0 Å². The molecule has 82 valence electrons. The van der Waals surface area contributed by atoms with E-state index < -0.39 is 0 Å². The maximum Gasteiger partial charge on any atom is 0.0554 e. The van der Waals surface area contributed by atoms with E-state index in [0.29, 0.717) is 5.41 Å². The molecule has 0 radical (unpaired) electrons. The Morgan fingerprint density at radius 1 is 1.47 bits per heavy atom. The summed E-state index contributed by atoms with van der Waals surface area (Å²) in [5.74, 6) is 0. The zero-order valence-electron chi connectivity index (χ0n) is 9.42. The van der Waals surface area contributed by atoms with Crippen LogP contribution in [-0.2, 0) is 11.3 Å². The molecule has 0 spiro atoms. The fourth-order valence-electron chi connectivity index (χ4n) is 1.78. The van der Waals surface area contributed by atoms with Gasteiger partial charge in [0.2, 0.25) is 0 Å². The molecule has 1 aliphatic heterocycles. The van der Waals surface area contributed by atoms with Crippen molar-refractivity contribution in [2.75, 3.05) is 19.8 Å². The van der Waals surface area contributed by atoms with Gasteiger partial charge in [-0.15, -0.1) is 0 Å². The monoisotopic (exact) mass is 206 g/mol. The summed E-state index contributed by atoms with van der Waals surface area (Å²) in [5.41, 5.74) is 2.81. The van der Waals surface area contributed by atoms with E-state index in [1.165, 1.54) is 11.1 Å². The van der Waals surface area contributed by atoms with Crippen molar-refractivity contribution in [1.82, 2.24) is 10.3 Å². The van der Waals surface area contributed by atoms with Gasteiger partial charge in [0.05, 0.1) is 13.2 Å². The van der Waals surface area contributed by atoms with Crippen molar-refractivity contribution in [1.29, 1.82) is 0 Å². The molecule has 1 N–H and O–H groups in total. The molecule has 1 fully saturated rings. The number of hydrogen-bond acceptors (Lipinski definition) is 3. The second-order valence-electron chi connectivity index (χ2n) is 4.78. The molecule has 1 aliphatic rings. The Balaban J connectivity index is 1.78. The second-order valence-corrected chi connectivity index (χ2v) is 4.78. The molecule has 3 heteroatoms. The van der Waals surface area contributed by atoms with E-state index in [4.69, 9.17) is 4.74 Å². The van der Waals surface area contributed by atoms with Crippen molar-refractivity contribution in [2.45, 2.75) is 20.4 Å². The van der Waals surface area contributed by atoms with Gasteiger partial charge in [-0.25, -0.2) is 0 Å². The molecule has 0 aromatic carbocycles. The van der Waals surface area contributed by atoms with Gasteiger partial charge in [-0.2, -0.15) is 0 Å². The number of nitrogens with one attached hydrogen (secondary N) is 1. The number of nitrogens with zero attached hydrogens (tertiary/aromatic N) is 1. The van der Waals surface area contributed by atoms with E-state index in [0.717, 1.165) is 26.3 Å². The van der Waals surface area contributed by atoms with Crippen LogP contribution in [0.2, 0.25) is 0 Å². The molecule has 0 amide bonds. The minimum Gasteiger partial charge on any atom is -0.380 e. The van der Waals surface area contributed by atoms with E-state index in [-0.39, 0.29) is 0 Å². The van der Waals surface area contributed by atoms with Gasteiger partial charge in [-0.3, -0.25) is 4.98 Å². The average molecular weight is 206 g/mol. The lowest BCUT2D eigenvalue weighted by molar-refractivity contribution is -0.0991. The third kappa shape index (κ3) is 2.76. The summed E-state index contributed by atoms with van der Waals surface area (Å²) in [4.78, 5) is 4.17. The third-order valence-electron chi connectivity index (χ3n) is 2.71. The highest BCUT2D eigenvalue weighted by Crippen LogP contribution is 2.25. The lowest BCUT2D eigenvalue weighted by Gasteiger charge is -2.38. The Labute approximate surface area is 90.9 Å². The maximum absolute atomic E-state index is 5.21. The van der Waals surface area contributed by atoms with E-state index in [1.807, 2.05) is 12.4 Å². The lowest BCUT2D eigenvalue weighted by Crippen LogP contribution is -2.47. The summed E-state index contributed by atoms with van der Waals surface area (Å²) in [6.07, 6.45) is 3.80. The first-order valence-corrected chi connectivity index (χ1v) is 5.37. The van der Waals surface area contributed by atoms with Crippen molar-refractivity contribution in [3.05, 3.63) is 29.6 Å². The van der Waals surface area contributed by atoms with Gasteiger partial charge in [0.1, 0.15) is 0 Å². The van der Waals surface area contributed by atoms with Crippen LogP contribution < -0.4 is 5.32 Å². The van der Waals surface area contributed by atoms with E-state index in [9.17, 15) is 0 Å². The predicted molar refractivity (Wildman–Crippen MR) is 59.6 cm³/mol. The molecule has 0 bridgehead atoms. The van der Waals surface area contributed by atoms with E-state index in [2.05, 4.69) is 30.2 Å². The Bertz CT molecular complexity index is 334. The first-order chi connectivity index (χ1) is 7.18. The lowest BCUT2D eigenvalue weighted by atomic mass is 9.89. The highest BCUT2D eigenvalue weighted by atomic mass is 16.5.